The molecule has 0 spiro atoms. The minimum atomic E-state index is 0.372. The van der Waals surface area contributed by atoms with Gasteiger partial charge in [0.15, 0.2) is 0 Å². The third-order valence-corrected chi connectivity index (χ3v) is 3.32. The molecule has 0 amide bonds. The molecule has 4 heteroatoms. The zero-order valence-electron chi connectivity index (χ0n) is 8.13. The Hall–Kier alpha value is -0.800. The first-order valence-corrected chi connectivity index (χ1v) is 5.81. The smallest absolute Gasteiger partial charge is 0.226 e. The monoisotopic (exact) mass is 285 g/mol. The molecule has 1 aromatic carbocycles. The maximum absolute atomic E-state index is 5.67. The van der Waals surface area contributed by atoms with Crippen LogP contribution >= 0.6 is 27.5 Å². The number of benzene rings is 1. The highest BCUT2D eigenvalue weighted by Crippen LogP contribution is 2.28. The summed E-state index contributed by atoms with van der Waals surface area (Å²) in [7, 11) is 0. The third-order valence-electron chi connectivity index (χ3n) is 2.19. The summed E-state index contributed by atoms with van der Waals surface area (Å²) in [6.07, 6.45) is 1.59. The predicted octanol–water partition coefficient (Wildman–Crippen LogP) is 4.15. The Morgan fingerprint density at radius 2 is 2.27 bits per heavy atom. The minimum absolute atomic E-state index is 0.372. The van der Waals surface area contributed by atoms with Gasteiger partial charge in [0, 0.05) is 10.0 Å². The Kier molecular flexibility index (Phi) is 3.12. The van der Waals surface area contributed by atoms with E-state index in [1.54, 1.807) is 6.26 Å². The lowest BCUT2D eigenvalue weighted by Gasteiger charge is -2.02. The van der Waals surface area contributed by atoms with Crippen molar-refractivity contribution in [3.63, 3.8) is 0 Å². The van der Waals surface area contributed by atoms with Crippen molar-refractivity contribution in [3.05, 3.63) is 40.2 Å². The van der Waals surface area contributed by atoms with Gasteiger partial charge in [-0.2, -0.15) is 0 Å². The molecule has 0 aliphatic carbocycles. The van der Waals surface area contributed by atoms with E-state index in [1.807, 2.05) is 25.1 Å². The van der Waals surface area contributed by atoms with E-state index in [-0.39, 0.29) is 0 Å². The number of halogens is 2. The Bertz CT molecular complexity index is 481. The first-order valence-electron chi connectivity index (χ1n) is 4.48. The van der Waals surface area contributed by atoms with E-state index in [4.69, 9.17) is 16.0 Å². The molecule has 0 unspecified atom stereocenters. The largest absolute Gasteiger partial charge is 0.444 e. The highest BCUT2D eigenvalue weighted by Gasteiger charge is 2.10. The summed E-state index contributed by atoms with van der Waals surface area (Å²) in [5.74, 6) is 0.987. The number of hydrogen-bond acceptors (Lipinski definition) is 2. The molecule has 0 radical (unpaired) electrons. The van der Waals surface area contributed by atoms with Crippen LogP contribution in [0.2, 0.25) is 0 Å². The molecule has 1 heterocycles. The van der Waals surface area contributed by atoms with E-state index in [1.165, 1.54) is 0 Å². The normalized spacial score (nSPS) is 10.6. The summed E-state index contributed by atoms with van der Waals surface area (Å²) in [5, 5.41) is 0. The summed E-state index contributed by atoms with van der Waals surface area (Å²) >= 11 is 9.14. The van der Waals surface area contributed by atoms with E-state index < -0.39 is 0 Å². The standard InChI is InChI=1S/C11H9BrClNO/c1-7-9(3-2-4-10(7)12)11-14-8(5-13)6-15-11/h2-4,6H,5H2,1H3. The van der Waals surface area contributed by atoms with Gasteiger partial charge in [-0.15, -0.1) is 11.6 Å². The average Bonchev–Trinajstić information content (AvgIpc) is 2.70. The average molecular weight is 287 g/mol. The summed E-state index contributed by atoms with van der Waals surface area (Å²) in [6, 6.07) is 5.92. The van der Waals surface area contributed by atoms with Gasteiger partial charge in [-0.05, 0) is 24.6 Å². The van der Waals surface area contributed by atoms with Crippen molar-refractivity contribution in [1.29, 1.82) is 0 Å². The Balaban J connectivity index is 2.49. The van der Waals surface area contributed by atoms with Gasteiger partial charge in [0.25, 0.3) is 0 Å². The van der Waals surface area contributed by atoms with Crippen molar-refractivity contribution in [3.8, 4) is 11.5 Å². The molecule has 0 atom stereocenters. The second kappa shape index (κ2) is 4.37. The summed E-state index contributed by atoms with van der Waals surface area (Å²) in [5.41, 5.74) is 2.85. The van der Waals surface area contributed by atoms with Crippen molar-refractivity contribution in [1.82, 2.24) is 4.98 Å². The van der Waals surface area contributed by atoms with Crippen LogP contribution in [0.4, 0.5) is 0 Å². The lowest BCUT2D eigenvalue weighted by Crippen LogP contribution is -1.85. The molecule has 1 aromatic heterocycles. The summed E-state index contributed by atoms with van der Waals surface area (Å²) in [4.78, 5) is 4.28. The third kappa shape index (κ3) is 2.08. The maximum Gasteiger partial charge on any atom is 0.226 e. The highest BCUT2D eigenvalue weighted by atomic mass is 79.9. The zero-order chi connectivity index (χ0) is 10.8. The number of aromatic nitrogens is 1. The molecule has 0 saturated carbocycles. The summed E-state index contributed by atoms with van der Waals surface area (Å²) in [6.45, 7) is 2.02. The molecule has 0 saturated heterocycles. The quantitative estimate of drug-likeness (QED) is 0.775. The van der Waals surface area contributed by atoms with Gasteiger partial charge in [-0.3, -0.25) is 0 Å². The van der Waals surface area contributed by atoms with E-state index in [9.17, 15) is 0 Å². The molecule has 0 aliphatic heterocycles. The predicted molar refractivity (Wildman–Crippen MR) is 63.9 cm³/mol. The Morgan fingerprint density at radius 1 is 1.47 bits per heavy atom. The molecule has 2 aromatic rings. The highest BCUT2D eigenvalue weighted by molar-refractivity contribution is 9.10. The molecular formula is C11H9BrClNO. The first kappa shape index (κ1) is 10.7. The van der Waals surface area contributed by atoms with Crippen molar-refractivity contribution >= 4 is 27.5 Å². The molecule has 2 rings (SSSR count). The van der Waals surface area contributed by atoms with Gasteiger partial charge < -0.3 is 4.42 Å². The van der Waals surface area contributed by atoms with Crippen molar-refractivity contribution in [2.75, 3.05) is 0 Å². The van der Waals surface area contributed by atoms with E-state index in [0.29, 0.717) is 11.8 Å². The van der Waals surface area contributed by atoms with E-state index in [0.717, 1.165) is 21.3 Å². The van der Waals surface area contributed by atoms with Crippen LogP contribution < -0.4 is 0 Å². The van der Waals surface area contributed by atoms with Crippen molar-refractivity contribution in [2.45, 2.75) is 12.8 Å². The van der Waals surface area contributed by atoms with Gasteiger partial charge in [0.2, 0.25) is 5.89 Å². The van der Waals surface area contributed by atoms with E-state index >= 15 is 0 Å². The van der Waals surface area contributed by atoms with Gasteiger partial charge in [0.1, 0.15) is 6.26 Å². The molecule has 0 fully saturated rings. The van der Waals surface area contributed by atoms with Crippen LogP contribution in [0.25, 0.3) is 11.5 Å². The molecular weight excluding hydrogens is 277 g/mol. The molecule has 2 nitrogen and oxygen atoms in total. The fourth-order valence-electron chi connectivity index (χ4n) is 1.33. The van der Waals surface area contributed by atoms with Gasteiger partial charge in [-0.1, -0.05) is 22.0 Å². The molecule has 0 N–H and O–H groups in total. The van der Waals surface area contributed by atoms with Gasteiger partial charge >= 0.3 is 0 Å². The first-order chi connectivity index (χ1) is 7.22. The number of rotatable bonds is 2. The maximum atomic E-state index is 5.67. The molecule has 15 heavy (non-hydrogen) atoms. The molecule has 78 valence electrons. The minimum Gasteiger partial charge on any atom is -0.444 e. The molecule has 0 bridgehead atoms. The summed E-state index contributed by atoms with van der Waals surface area (Å²) < 4.78 is 6.41. The Labute approximate surface area is 101 Å². The van der Waals surface area contributed by atoms with Crippen molar-refractivity contribution in [2.24, 2.45) is 0 Å². The van der Waals surface area contributed by atoms with Crippen LogP contribution in [0.15, 0.2) is 33.4 Å². The molecule has 0 aliphatic rings. The Morgan fingerprint density at radius 3 is 2.93 bits per heavy atom. The topological polar surface area (TPSA) is 26.0 Å². The van der Waals surface area contributed by atoms with Crippen molar-refractivity contribution < 1.29 is 4.42 Å². The van der Waals surface area contributed by atoms with E-state index in [2.05, 4.69) is 20.9 Å². The van der Waals surface area contributed by atoms with Crippen LogP contribution in [0, 0.1) is 6.92 Å². The van der Waals surface area contributed by atoms with Crippen LogP contribution in [-0.2, 0) is 5.88 Å². The van der Waals surface area contributed by atoms with Crippen LogP contribution in [0.3, 0.4) is 0 Å². The number of alkyl halides is 1. The van der Waals surface area contributed by atoms with Gasteiger partial charge in [0.05, 0.1) is 11.6 Å². The van der Waals surface area contributed by atoms with Crippen LogP contribution in [-0.4, -0.2) is 4.98 Å². The lowest BCUT2D eigenvalue weighted by atomic mass is 10.1. The fraction of sp³-hybridized carbons (Fsp3) is 0.182. The second-order valence-corrected chi connectivity index (χ2v) is 4.31. The second-order valence-electron chi connectivity index (χ2n) is 3.19. The fourth-order valence-corrected chi connectivity index (χ4v) is 1.82. The number of nitrogens with zero attached hydrogens (tertiary/aromatic N) is 1. The number of hydrogen-bond donors (Lipinski definition) is 0. The number of oxazole rings is 1. The van der Waals surface area contributed by atoms with Gasteiger partial charge in [-0.25, -0.2) is 4.98 Å². The van der Waals surface area contributed by atoms with Crippen LogP contribution in [0.5, 0.6) is 0 Å². The zero-order valence-corrected chi connectivity index (χ0v) is 10.5. The van der Waals surface area contributed by atoms with Crippen LogP contribution in [0.1, 0.15) is 11.3 Å². The lowest BCUT2D eigenvalue weighted by molar-refractivity contribution is 0.573. The SMILES string of the molecule is Cc1c(Br)cccc1-c1nc(CCl)co1.